The smallest absolute Gasteiger partial charge is 0.273 e. The highest BCUT2D eigenvalue weighted by molar-refractivity contribution is 5.92. The van der Waals surface area contributed by atoms with Crippen LogP contribution in [0.4, 0.5) is 0 Å². The summed E-state index contributed by atoms with van der Waals surface area (Å²) in [5.41, 5.74) is 0.362. The average molecular weight is 196 g/mol. The molecule has 0 saturated carbocycles. The number of carbonyl (C=O) groups is 1. The highest BCUT2D eigenvalue weighted by Crippen LogP contribution is 2.18. The molecule has 0 saturated heterocycles. The Hall–Kier alpha value is -1.32. The van der Waals surface area contributed by atoms with Crippen molar-refractivity contribution in [3.05, 3.63) is 18.0 Å². The molecule has 78 valence electrons. The first kappa shape index (κ1) is 10.8. The Bertz CT molecular complexity index is 298. The maximum atomic E-state index is 11.5. The molecule has 1 aromatic rings. The third kappa shape index (κ3) is 2.58. The Morgan fingerprint density at radius 2 is 2.21 bits per heavy atom. The second-order valence-corrected chi connectivity index (χ2v) is 4.45. The van der Waals surface area contributed by atoms with Crippen LogP contribution in [0.3, 0.4) is 0 Å². The molecule has 1 N–H and O–H groups in total. The minimum Gasteiger partial charge on any atom is -0.364 e. The van der Waals surface area contributed by atoms with E-state index < -0.39 is 0 Å². The zero-order chi connectivity index (χ0) is 10.8. The molecule has 14 heavy (non-hydrogen) atoms. The SMILES string of the molecule is CC(NC(=O)c1ccon1)C(C)(C)C. The molecule has 0 aliphatic carbocycles. The highest BCUT2D eigenvalue weighted by Gasteiger charge is 2.22. The van der Waals surface area contributed by atoms with E-state index in [4.69, 9.17) is 0 Å². The number of amides is 1. The average Bonchev–Trinajstić information content (AvgIpc) is 2.53. The normalized spacial score (nSPS) is 13.7. The highest BCUT2D eigenvalue weighted by atomic mass is 16.5. The number of nitrogens with zero attached hydrogens (tertiary/aromatic N) is 1. The van der Waals surface area contributed by atoms with E-state index in [0.717, 1.165) is 0 Å². The van der Waals surface area contributed by atoms with Gasteiger partial charge in [-0.05, 0) is 12.3 Å². The van der Waals surface area contributed by atoms with Gasteiger partial charge in [0.1, 0.15) is 6.26 Å². The minimum atomic E-state index is -0.193. The van der Waals surface area contributed by atoms with Gasteiger partial charge in [-0.1, -0.05) is 25.9 Å². The largest absolute Gasteiger partial charge is 0.364 e. The van der Waals surface area contributed by atoms with Gasteiger partial charge in [0.05, 0.1) is 0 Å². The molecule has 0 spiro atoms. The lowest BCUT2D eigenvalue weighted by molar-refractivity contribution is 0.0901. The van der Waals surface area contributed by atoms with Crippen molar-refractivity contribution in [2.24, 2.45) is 5.41 Å². The van der Waals surface area contributed by atoms with Gasteiger partial charge in [-0.3, -0.25) is 4.79 Å². The fourth-order valence-corrected chi connectivity index (χ4v) is 0.817. The van der Waals surface area contributed by atoms with Crippen molar-refractivity contribution in [1.82, 2.24) is 10.5 Å². The summed E-state index contributed by atoms with van der Waals surface area (Å²) in [4.78, 5) is 11.5. The Labute approximate surface area is 83.7 Å². The van der Waals surface area contributed by atoms with Gasteiger partial charge in [0.2, 0.25) is 0 Å². The Kier molecular flexibility index (Phi) is 2.93. The summed E-state index contributed by atoms with van der Waals surface area (Å²) >= 11 is 0. The lowest BCUT2D eigenvalue weighted by atomic mass is 9.88. The monoisotopic (exact) mass is 196 g/mol. The quantitative estimate of drug-likeness (QED) is 0.785. The molecule has 0 aliphatic rings. The van der Waals surface area contributed by atoms with Crippen molar-refractivity contribution in [3.8, 4) is 0 Å². The predicted octanol–water partition coefficient (Wildman–Crippen LogP) is 1.84. The first-order chi connectivity index (χ1) is 6.41. The summed E-state index contributed by atoms with van der Waals surface area (Å²) in [7, 11) is 0. The molecule has 1 aromatic heterocycles. The molecule has 1 rings (SSSR count). The molecule has 1 unspecified atom stereocenters. The van der Waals surface area contributed by atoms with Gasteiger partial charge in [0.25, 0.3) is 5.91 Å². The van der Waals surface area contributed by atoms with Crippen LogP contribution in [0.5, 0.6) is 0 Å². The lowest BCUT2D eigenvalue weighted by Crippen LogP contribution is -2.41. The van der Waals surface area contributed by atoms with Crippen molar-refractivity contribution in [1.29, 1.82) is 0 Å². The van der Waals surface area contributed by atoms with Crippen LogP contribution >= 0.6 is 0 Å². The van der Waals surface area contributed by atoms with Crippen molar-refractivity contribution in [2.45, 2.75) is 33.7 Å². The second kappa shape index (κ2) is 3.82. The van der Waals surface area contributed by atoms with E-state index in [-0.39, 0.29) is 17.4 Å². The molecule has 1 heterocycles. The van der Waals surface area contributed by atoms with Crippen molar-refractivity contribution >= 4 is 5.91 Å². The minimum absolute atomic E-state index is 0.0411. The van der Waals surface area contributed by atoms with Gasteiger partial charge in [0.15, 0.2) is 5.69 Å². The number of hydrogen-bond donors (Lipinski definition) is 1. The standard InChI is InChI=1S/C10H16N2O2/c1-7(10(2,3)4)11-9(13)8-5-6-14-12-8/h5-7H,1-4H3,(H,11,13). The molecule has 0 bridgehead atoms. The van der Waals surface area contributed by atoms with Crippen LogP contribution in [-0.4, -0.2) is 17.1 Å². The van der Waals surface area contributed by atoms with Crippen LogP contribution in [-0.2, 0) is 0 Å². The fraction of sp³-hybridized carbons (Fsp3) is 0.600. The molecule has 4 heteroatoms. The van der Waals surface area contributed by atoms with E-state index >= 15 is 0 Å². The summed E-state index contributed by atoms with van der Waals surface area (Å²) in [5, 5.41) is 6.43. The topological polar surface area (TPSA) is 55.1 Å². The van der Waals surface area contributed by atoms with Crippen LogP contribution in [0, 0.1) is 5.41 Å². The third-order valence-electron chi connectivity index (χ3n) is 2.32. The van der Waals surface area contributed by atoms with Gasteiger partial charge in [-0.2, -0.15) is 0 Å². The van der Waals surface area contributed by atoms with E-state index in [1.165, 1.54) is 6.26 Å². The van der Waals surface area contributed by atoms with E-state index in [1.54, 1.807) is 6.07 Å². The summed E-state index contributed by atoms with van der Waals surface area (Å²) < 4.78 is 4.59. The number of hydrogen-bond acceptors (Lipinski definition) is 3. The molecule has 4 nitrogen and oxygen atoms in total. The van der Waals surface area contributed by atoms with Gasteiger partial charge in [-0.25, -0.2) is 0 Å². The van der Waals surface area contributed by atoms with Crippen molar-refractivity contribution < 1.29 is 9.32 Å². The Balaban J connectivity index is 2.58. The van der Waals surface area contributed by atoms with Crippen LogP contribution in [0.25, 0.3) is 0 Å². The van der Waals surface area contributed by atoms with Gasteiger partial charge < -0.3 is 9.84 Å². The van der Waals surface area contributed by atoms with Gasteiger partial charge in [0, 0.05) is 12.1 Å². The molecular weight excluding hydrogens is 180 g/mol. The van der Waals surface area contributed by atoms with Gasteiger partial charge in [-0.15, -0.1) is 0 Å². The predicted molar refractivity (Wildman–Crippen MR) is 52.9 cm³/mol. The molecule has 0 aromatic carbocycles. The van der Waals surface area contributed by atoms with Crippen molar-refractivity contribution in [2.75, 3.05) is 0 Å². The summed E-state index contributed by atoms with van der Waals surface area (Å²) in [6, 6.07) is 1.64. The number of aromatic nitrogens is 1. The lowest BCUT2D eigenvalue weighted by Gasteiger charge is -2.27. The Morgan fingerprint density at radius 1 is 1.57 bits per heavy atom. The summed E-state index contributed by atoms with van der Waals surface area (Å²) in [6.45, 7) is 8.18. The molecular formula is C10H16N2O2. The summed E-state index contributed by atoms with van der Waals surface area (Å²) in [5.74, 6) is -0.193. The van der Waals surface area contributed by atoms with Crippen LogP contribution in [0.1, 0.15) is 38.2 Å². The number of rotatable bonds is 2. The third-order valence-corrected chi connectivity index (χ3v) is 2.32. The molecule has 1 atom stereocenters. The molecule has 0 radical (unpaired) electrons. The van der Waals surface area contributed by atoms with Crippen LogP contribution in [0.2, 0.25) is 0 Å². The fourth-order valence-electron chi connectivity index (χ4n) is 0.817. The van der Waals surface area contributed by atoms with Gasteiger partial charge >= 0.3 is 0 Å². The van der Waals surface area contributed by atoms with E-state index in [9.17, 15) is 4.79 Å². The molecule has 0 fully saturated rings. The number of nitrogens with one attached hydrogen (secondary N) is 1. The zero-order valence-electron chi connectivity index (χ0n) is 9.00. The van der Waals surface area contributed by atoms with Crippen LogP contribution < -0.4 is 5.32 Å². The van der Waals surface area contributed by atoms with Crippen LogP contribution in [0.15, 0.2) is 16.9 Å². The number of carbonyl (C=O) groups excluding carboxylic acids is 1. The second-order valence-electron chi connectivity index (χ2n) is 4.45. The first-order valence-corrected chi connectivity index (χ1v) is 4.62. The molecule has 0 aliphatic heterocycles. The first-order valence-electron chi connectivity index (χ1n) is 4.62. The summed E-state index contributed by atoms with van der Waals surface area (Å²) in [6.07, 6.45) is 1.39. The maximum absolute atomic E-state index is 11.5. The van der Waals surface area contributed by atoms with Crippen molar-refractivity contribution in [3.63, 3.8) is 0 Å². The van der Waals surface area contributed by atoms with E-state index in [0.29, 0.717) is 5.69 Å². The molecule has 1 amide bonds. The van der Waals surface area contributed by atoms with E-state index in [2.05, 4.69) is 35.8 Å². The Morgan fingerprint density at radius 3 is 2.64 bits per heavy atom. The van der Waals surface area contributed by atoms with E-state index in [1.807, 2.05) is 6.92 Å². The zero-order valence-corrected chi connectivity index (χ0v) is 9.00. The maximum Gasteiger partial charge on any atom is 0.273 e.